The summed E-state index contributed by atoms with van der Waals surface area (Å²) in [5.74, 6) is -1.53. The lowest BCUT2D eigenvalue weighted by atomic mass is 9.95. The minimum atomic E-state index is -0.529. The molecule has 0 aliphatic carbocycles. The first-order valence-corrected chi connectivity index (χ1v) is 6.73. The zero-order valence-corrected chi connectivity index (χ0v) is 11.9. The SMILES string of the molecule is COC(=O)CCON1C(=O)c2cccc3cccc(c23)C1=O. The molecule has 2 aromatic carbocycles. The van der Waals surface area contributed by atoms with Crippen molar-refractivity contribution in [2.24, 2.45) is 0 Å². The lowest BCUT2D eigenvalue weighted by molar-refractivity contribution is -0.146. The van der Waals surface area contributed by atoms with Crippen LogP contribution in [0.4, 0.5) is 0 Å². The van der Waals surface area contributed by atoms with E-state index in [0.29, 0.717) is 21.6 Å². The molecule has 3 rings (SSSR count). The van der Waals surface area contributed by atoms with E-state index in [9.17, 15) is 14.4 Å². The van der Waals surface area contributed by atoms with E-state index in [1.807, 2.05) is 12.1 Å². The van der Waals surface area contributed by atoms with Crippen LogP contribution in [0.15, 0.2) is 36.4 Å². The summed E-state index contributed by atoms with van der Waals surface area (Å²) in [6.45, 7) is -0.109. The molecule has 0 bridgehead atoms. The summed E-state index contributed by atoms with van der Waals surface area (Å²) in [7, 11) is 1.26. The molecule has 6 heteroatoms. The van der Waals surface area contributed by atoms with Crippen LogP contribution in [0.3, 0.4) is 0 Å². The fraction of sp³-hybridized carbons (Fsp3) is 0.188. The van der Waals surface area contributed by atoms with Gasteiger partial charge in [0.25, 0.3) is 11.8 Å². The second-order valence-corrected chi connectivity index (χ2v) is 4.77. The third kappa shape index (κ3) is 2.23. The zero-order chi connectivity index (χ0) is 15.7. The molecule has 6 nitrogen and oxygen atoms in total. The number of ether oxygens (including phenoxy) is 1. The van der Waals surface area contributed by atoms with Crippen molar-refractivity contribution in [3.05, 3.63) is 47.5 Å². The topological polar surface area (TPSA) is 72.9 Å². The molecule has 112 valence electrons. The normalized spacial score (nSPS) is 13.6. The average Bonchev–Trinajstić information content (AvgIpc) is 2.55. The first-order valence-electron chi connectivity index (χ1n) is 6.73. The highest BCUT2D eigenvalue weighted by atomic mass is 16.7. The molecule has 0 saturated heterocycles. The summed E-state index contributed by atoms with van der Waals surface area (Å²) in [4.78, 5) is 41.1. The second-order valence-electron chi connectivity index (χ2n) is 4.77. The van der Waals surface area contributed by atoms with Gasteiger partial charge in [-0.2, -0.15) is 0 Å². The maximum absolute atomic E-state index is 12.4. The highest BCUT2D eigenvalue weighted by Crippen LogP contribution is 2.29. The number of nitrogens with zero attached hydrogens (tertiary/aromatic N) is 1. The van der Waals surface area contributed by atoms with Crippen LogP contribution in [0, 0.1) is 0 Å². The fourth-order valence-corrected chi connectivity index (χ4v) is 2.45. The molecule has 1 heterocycles. The van der Waals surface area contributed by atoms with E-state index in [2.05, 4.69) is 4.74 Å². The van der Waals surface area contributed by atoms with Gasteiger partial charge < -0.3 is 4.74 Å². The molecule has 0 N–H and O–H groups in total. The molecule has 0 saturated carbocycles. The summed E-state index contributed by atoms with van der Waals surface area (Å²) in [6.07, 6.45) is -0.0423. The number of carbonyl (C=O) groups excluding carboxylic acids is 3. The smallest absolute Gasteiger partial charge is 0.307 e. The third-order valence-corrected chi connectivity index (χ3v) is 3.49. The Bertz CT molecular complexity index is 732. The van der Waals surface area contributed by atoms with E-state index in [0.717, 1.165) is 5.39 Å². The molecule has 2 aromatic rings. The van der Waals surface area contributed by atoms with Gasteiger partial charge in [-0.05, 0) is 17.5 Å². The van der Waals surface area contributed by atoms with Crippen molar-refractivity contribution < 1.29 is 24.0 Å². The van der Waals surface area contributed by atoms with Crippen LogP contribution in [-0.2, 0) is 14.4 Å². The van der Waals surface area contributed by atoms with Crippen LogP contribution in [-0.4, -0.2) is 36.6 Å². The number of carbonyl (C=O) groups is 3. The standard InChI is InChI=1S/C16H13NO5/c1-21-13(18)8-9-22-17-15(19)11-6-2-4-10-5-3-7-12(14(10)11)16(17)20/h2-7H,8-9H2,1H3. The molecule has 1 aliphatic rings. The fourth-order valence-electron chi connectivity index (χ4n) is 2.45. The van der Waals surface area contributed by atoms with E-state index < -0.39 is 17.8 Å². The maximum atomic E-state index is 12.4. The van der Waals surface area contributed by atoms with E-state index in [1.54, 1.807) is 24.3 Å². The number of methoxy groups -OCH3 is 1. The Labute approximate surface area is 126 Å². The number of amides is 2. The van der Waals surface area contributed by atoms with E-state index in [1.165, 1.54) is 7.11 Å². The van der Waals surface area contributed by atoms with Crippen LogP contribution in [0.5, 0.6) is 0 Å². The van der Waals surface area contributed by atoms with Crippen LogP contribution < -0.4 is 0 Å². The van der Waals surface area contributed by atoms with E-state index in [-0.39, 0.29) is 13.0 Å². The Morgan fingerprint density at radius 1 is 1.05 bits per heavy atom. The molecule has 22 heavy (non-hydrogen) atoms. The maximum Gasteiger partial charge on any atom is 0.307 e. The van der Waals surface area contributed by atoms with Gasteiger partial charge in [0.15, 0.2) is 0 Å². The largest absolute Gasteiger partial charge is 0.469 e. The number of hydroxylamine groups is 2. The van der Waals surface area contributed by atoms with Gasteiger partial charge in [0.1, 0.15) is 0 Å². The van der Waals surface area contributed by atoms with Crippen molar-refractivity contribution >= 4 is 28.6 Å². The van der Waals surface area contributed by atoms with Gasteiger partial charge in [-0.1, -0.05) is 24.3 Å². The predicted molar refractivity (Wildman–Crippen MR) is 77.0 cm³/mol. The Morgan fingerprint density at radius 2 is 1.64 bits per heavy atom. The number of rotatable bonds is 4. The molecule has 2 amide bonds. The van der Waals surface area contributed by atoms with E-state index in [4.69, 9.17) is 4.84 Å². The number of hydrogen-bond acceptors (Lipinski definition) is 5. The van der Waals surface area contributed by atoms with Crippen molar-refractivity contribution in [3.63, 3.8) is 0 Å². The first kappa shape index (κ1) is 14.2. The van der Waals surface area contributed by atoms with Gasteiger partial charge in [-0.15, -0.1) is 5.06 Å². The monoisotopic (exact) mass is 299 g/mol. The molecular weight excluding hydrogens is 286 g/mol. The molecular formula is C16H13NO5. The summed E-state index contributed by atoms with van der Waals surface area (Å²) < 4.78 is 4.49. The van der Waals surface area contributed by atoms with Crippen LogP contribution >= 0.6 is 0 Å². The average molecular weight is 299 g/mol. The first-order chi connectivity index (χ1) is 10.6. The number of benzene rings is 2. The molecule has 0 aromatic heterocycles. The van der Waals surface area contributed by atoms with Gasteiger partial charge >= 0.3 is 5.97 Å². The highest BCUT2D eigenvalue weighted by Gasteiger charge is 2.33. The van der Waals surface area contributed by atoms with Gasteiger partial charge in [0.05, 0.1) is 31.3 Å². The lowest BCUT2D eigenvalue weighted by Crippen LogP contribution is -2.40. The van der Waals surface area contributed by atoms with Crippen molar-refractivity contribution in [2.45, 2.75) is 6.42 Å². The minimum Gasteiger partial charge on any atom is -0.469 e. The summed E-state index contributed by atoms with van der Waals surface area (Å²) in [5, 5.41) is 2.17. The minimum absolute atomic E-state index is 0.0423. The Balaban J connectivity index is 1.92. The van der Waals surface area contributed by atoms with Crippen LogP contribution in [0.25, 0.3) is 10.8 Å². The van der Waals surface area contributed by atoms with Crippen LogP contribution in [0.2, 0.25) is 0 Å². The van der Waals surface area contributed by atoms with Gasteiger partial charge in [0.2, 0.25) is 0 Å². The summed E-state index contributed by atoms with van der Waals surface area (Å²) in [6, 6.07) is 10.5. The molecule has 0 radical (unpaired) electrons. The zero-order valence-electron chi connectivity index (χ0n) is 11.9. The number of hydrogen-bond donors (Lipinski definition) is 0. The summed E-state index contributed by atoms with van der Waals surface area (Å²) >= 11 is 0. The molecule has 0 spiro atoms. The Hall–Kier alpha value is -2.73. The molecule has 0 fully saturated rings. The van der Waals surface area contributed by atoms with Gasteiger partial charge in [0, 0.05) is 5.39 Å². The Kier molecular flexibility index (Phi) is 3.60. The third-order valence-electron chi connectivity index (χ3n) is 3.49. The van der Waals surface area contributed by atoms with E-state index >= 15 is 0 Å². The number of imide groups is 1. The highest BCUT2D eigenvalue weighted by molar-refractivity contribution is 6.24. The molecule has 0 unspecified atom stereocenters. The summed E-state index contributed by atoms with van der Waals surface area (Å²) in [5.41, 5.74) is 0.816. The number of esters is 1. The molecule has 1 aliphatic heterocycles. The van der Waals surface area contributed by atoms with Crippen molar-refractivity contribution in [3.8, 4) is 0 Å². The Morgan fingerprint density at radius 3 is 2.18 bits per heavy atom. The quantitative estimate of drug-likeness (QED) is 0.637. The van der Waals surface area contributed by atoms with Gasteiger partial charge in [-0.25, -0.2) is 0 Å². The van der Waals surface area contributed by atoms with Crippen molar-refractivity contribution in [1.82, 2.24) is 5.06 Å². The van der Waals surface area contributed by atoms with Crippen molar-refractivity contribution in [1.29, 1.82) is 0 Å². The van der Waals surface area contributed by atoms with Gasteiger partial charge in [-0.3, -0.25) is 19.2 Å². The lowest BCUT2D eigenvalue weighted by Gasteiger charge is -2.25. The predicted octanol–water partition coefficient (Wildman–Crippen LogP) is 1.93. The van der Waals surface area contributed by atoms with Crippen LogP contribution in [0.1, 0.15) is 27.1 Å². The molecule has 0 atom stereocenters. The second kappa shape index (κ2) is 5.57. The van der Waals surface area contributed by atoms with Crippen molar-refractivity contribution in [2.75, 3.05) is 13.7 Å².